The van der Waals surface area contributed by atoms with Crippen LogP contribution in [-0.2, 0) is 11.3 Å². The Labute approximate surface area is 147 Å². The molecule has 2 atom stereocenters. The molecule has 0 bridgehead atoms. The third-order valence-electron chi connectivity index (χ3n) is 4.54. The van der Waals surface area contributed by atoms with Gasteiger partial charge in [0, 0.05) is 12.2 Å². The Kier molecular flexibility index (Phi) is 5.38. The number of ether oxygens (including phenoxy) is 2. The van der Waals surface area contributed by atoms with Gasteiger partial charge in [-0.05, 0) is 51.8 Å². The van der Waals surface area contributed by atoms with Gasteiger partial charge in [0.15, 0.2) is 0 Å². The molecule has 1 fully saturated rings. The minimum atomic E-state index is -0.120. The molecular weight excluding hydrogens is 320 g/mol. The van der Waals surface area contributed by atoms with Gasteiger partial charge in [0.1, 0.15) is 18.1 Å². The topological polar surface area (TPSA) is 73.6 Å². The quantitative estimate of drug-likeness (QED) is 0.871. The lowest BCUT2D eigenvalue weighted by atomic mass is 10.1. The number of nitrogens with zero attached hydrogens (tertiary/aromatic N) is 1. The van der Waals surface area contributed by atoms with Crippen molar-refractivity contribution in [3.63, 3.8) is 0 Å². The van der Waals surface area contributed by atoms with Crippen molar-refractivity contribution in [3.8, 4) is 5.75 Å². The second-order valence-corrected chi connectivity index (χ2v) is 6.43. The molecule has 1 aromatic heterocycles. The average Bonchev–Trinajstić information content (AvgIpc) is 3.24. The second kappa shape index (κ2) is 7.70. The van der Waals surface area contributed by atoms with Gasteiger partial charge in [-0.1, -0.05) is 11.2 Å². The maximum absolute atomic E-state index is 12.5. The largest absolute Gasteiger partial charge is 0.489 e. The zero-order chi connectivity index (χ0) is 17.8. The van der Waals surface area contributed by atoms with Crippen LogP contribution >= 0.6 is 0 Å². The van der Waals surface area contributed by atoms with Crippen LogP contribution in [0.1, 0.15) is 47.1 Å². The first-order valence-corrected chi connectivity index (χ1v) is 8.61. The van der Waals surface area contributed by atoms with Crippen LogP contribution in [0.4, 0.5) is 0 Å². The van der Waals surface area contributed by atoms with Crippen LogP contribution in [0.15, 0.2) is 28.8 Å². The highest BCUT2D eigenvalue weighted by Crippen LogP contribution is 2.19. The van der Waals surface area contributed by atoms with Crippen molar-refractivity contribution in [1.29, 1.82) is 0 Å². The van der Waals surface area contributed by atoms with E-state index in [0.717, 1.165) is 36.5 Å². The molecule has 1 amide bonds. The van der Waals surface area contributed by atoms with Crippen molar-refractivity contribution in [2.24, 2.45) is 0 Å². The maximum atomic E-state index is 12.5. The standard InChI is InChI=1S/C19H24N2O4/c1-12-17(14(3)25-21-12)11-24-16-7-4-6-15(10-16)19(22)20-13(2)18-8-5-9-23-18/h4,6-7,10,13,18H,5,8-9,11H2,1-3H3,(H,20,22). The lowest BCUT2D eigenvalue weighted by Gasteiger charge is -2.20. The number of carbonyl (C=O) groups is 1. The Morgan fingerprint density at radius 3 is 2.96 bits per heavy atom. The summed E-state index contributed by atoms with van der Waals surface area (Å²) in [4.78, 5) is 12.5. The van der Waals surface area contributed by atoms with Gasteiger partial charge in [0.2, 0.25) is 0 Å². The number of carbonyl (C=O) groups excluding carboxylic acids is 1. The summed E-state index contributed by atoms with van der Waals surface area (Å²) < 4.78 is 16.6. The van der Waals surface area contributed by atoms with E-state index < -0.39 is 0 Å². The molecule has 0 spiro atoms. The number of nitrogens with one attached hydrogen (secondary N) is 1. The SMILES string of the molecule is Cc1noc(C)c1COc1cccc(C(=O)NC(C)C2CCCO2)c1. The van der Waals surface area contributed by atoms with Gasteiger partial charge in [0.25, 0.3) is 5.91 Å². The molecule has 134 valence electrons. The fraction of sp³-hybridized carbons (Fsp3) is 0.474. The zero-order valence-corrected chi connectivity index (χ0v) is 14.9. The Balaban J connectivity index is 1.61. The lowest BCUT2D eigenvalue weighted by molar-refractivity contribution is 0.0712. The van der Waals surface area contributed by atoms with E-state index in [2.05, 4.69) is 10.5 Å². The third kappa shape index (κ3) is 4.20. The van der Waals surface area contributed by atoms with E-state index in [4.69, 9.17) is 14.0 Å². The predicted molar refractivity (Wildman–Crippen MR) is 92.7 cm³/mol. The predicted octanol–water partition coefficient (Wildman–Crippen LogP) is 3.17. The molecule has 1 aromatic carbocycles. The first-order valence-electron chi connectivity index (χ1n) is 8.61. The van der Waals surface area contributed by atoms with Gasteiger partial charge in [-0.3, -0.25) is 4.79 Å². The fourth-order valence-electron chi connectivity index (χ4n) is 2.97. The molecular formula is C19H24N2O4. The van der Waals surface area contributed by atoms with Crippen molar-refractivity contribution in [2.45, 2.75) is 52.4 Å². The number of aryl methyl sites for hydroxylation is 2. The summed E-state index contributed by atoms with van der Waals surface area (Å²) in [5.74, 6) is 1.26. The van der Waals surface area contributed by atoms with E-state index in [1.54, 1.807) is 12.1 Å². The lowest BCUT2D eigenvalue weighted by Crippen LogP contribution is -2.40. The van der Waals surface area contributed by atoms with Crippen molar-refractivity contribution in [3.05, 3.63) is 46.8 Å². The van der Waals surface area contributed by atoms with Crippen molar-refractivity contribution < 1.29 is 18.8 Å². The molecule has 1 N–H and O–H groups in total. The van der Waals surface area contributed by atoms with E-state index in [1.165, 1.54) is 0 Å². The molecule has 6 heteroatoms. The summed E-state index contributed by atoms with van der Waals surface area (Å²) in [6, 6.07) is 7.16. The highest BCUT2D eigenvalue weighted by Gasteiger charge is 2.24. The smallest absolute Gasteiger partial charge is 0.251 e. The van der Waals surface area contributed by atoms with E-state index in [1.807, 2.05) is 32.9 Å². The molecule has 1 aliphatic rings. The normalized spacial score (nSPS) is 18.1. The summed E-state index contributed by atoms with van der Waals surface area (Å²) in [6.07, 6.45) is 2.14. The third-order valence-corrected chi connectivity index (χ3v) is 4.54. The highest BCUT2D eigenvalue weighted by molar-refractivity contribution is 5.94. The number of benzene rings is 1. The molecule has 25 heavy (non-hydrogen) atoms. The summed E-state index contributed by atoms with van der Waals surface area (Å²) in [7, 11) is 0. The Hall–Kier alpha value is -2.34. The average molecular weight is 344 g/mol. The molecule has 6 nitrogen and oxygen atoms in total. The molecule has 0 radical (unpaired) electrons. The van der Waals surface area contributed by atoms with Crippen molar-refractivity contribution in [2.75, 3.05) is 6.61 Å². The van der Waals surface area contributed by atoms with E-state index in [9.17, 15) is 4.79 Å². The van der Waals surface area contributed by atoms with E-state index in [-0.39, 0.29) is 18.1 Å². The summed E-state index contributed by atoms with van der Waals surface area (Å²) in [6.45, 7) is 6.85. The van der Waals surface area contributed by atoms with Crippen LogP contribution in [0.5, 0.6) is 5.75 Å². The van der Waals surface area contributed by atoms with Crippen molar-refractivity contribution >= 4 is 5.91 Å². The monoisotopic (exact) mass is 344 g/mol. The molecule has 1 aliphatic heterocycles. The van der Waals surface area contributed by atoms with Crippen LogP contribution in [0.2, 0.25) is 0 Å². The van der Waals surface area contributed by atoms with E-state index >= 15 is 0 Å². The Morgan fingerprint density at radius 1 is 1.44 bits per heavy atom. The van der Waals surface area contributed by atoms with Crippen LogP contribution < -0.4 is 10.1 Å². The van der Waals surface area contributed by atoms with E-state index in [0.29, 0.717) is 17.9 Å². The number of hydrogen-bond donors (Lipinski definition) is 1. The zero-order valence-electron chi connectivity index (χ0n) is 14.9. The second-order valence-electron chi connectivity index (χ2n) is 6.43. The molecule has 1 saturated heterocycles. The van der Waals surface area contributed by atoms with Gasteiger partial charge in [-0.15, -0.1) is 0 Å². The van der Waals surface area contributed by atoms with Crippen LogP contribution in [0.25, 0.3) is 0 Å². The highest BCUT2D eigenvalue weighted by atomic mass is 16.5. The number of amides is 1. The van der Waals surface area contributed by atoms with Gasteiger partial charge in [-0.2, -0.15) is 0 Å². The Bertz CT molecular complexity index is 715. The number of hydrogen-bond acceptors (Lipinski definition) is 5. The van der Waals surface area contributed by atoms with Crippen LogP contribution in [-0.4, -0.2) is 29.8 Å². The molecule has 2 heterocycles. The molecule has 0 aliphatic carbocycles. The summed E-state index contributed by atoms with van der Waals surface area (Å²) in [5, 5.41) is 6.92. The van der Waals surface area contributed by atoms with Crippen LogP contribution in [0.3, 0.4) is 0 Å². The molecule has 3 rings (SSSR count). The Morgan fingerprint density at radius 2 is 2.28 bits per heavy atom. The maximum Gasteiger partial charge on any atom is 0.251 e. The minimum Gasteiger partial charge on any atom is -0.489 e. The summed E-state index contributed by atoms with van der Waals surface area (Å²) >= 11 is 0. The van der Waals surface area contributed by atoms with Gasteiger partial charge in [0.05, 0.1) is 23.4 Å². The van der Waals surface area contributed by atoms with Gasteiger partial charge >= 0.3 is 0 Å². The van der Waals surface area contributed by atoms with Gasteiger partial charge in [-0.25, -0.2) is 0 Å². The fourth-order valence-corrected chi connectivity index (χ4v) is 2.97. The molecule has 0 saturated carbocycles. The molecule has 2 unspecified atom stereocenters. The van der Waals surface area contributed by atoms with Gasteiger partial charge < -0.3 is 19.3 Å². The first-order chi connectivity index (χ1) is 12.0. The number of aromatic nitrogens is 1. The number of rotatable bonds is 6. The first kappa shape index (κ1) is 17.5. The van der Waals surface area contributed by atoms with Crippen molar-refractivity contribution in [1.82, 2.24) is 10.5 Å². The molecule has 2 aromatic rings. The summed E-state index contributed by atoms with van der Waals surface area (Å²) in [5.41, 5.74) is 2.32. The minimum absolute atomic E-state index is 0.0121. The van der Waals surface area contributed by atoms with Crippen LogP contribution in [0, 0.1) is 13.8 Å².